The number of unbranched alkanes of at least 4 members (excludes halogenated alkanes) is 9. The highest BCUT2D eigenvalue weighted by atomic mass is 13.9. The lowest BCUT2D eigenvalue weighted by molar-refractivity contribution is 0.649. The Hall–Kier alpha value is -0.260. The standard InChI is InChI=1S/C15H29/c1-3-5-7-9-11-13-15-14-12-10-8-6-4-2/h14-15H,1,3-13H2,2H3/b15-14+. The summed E-state index contributed by atoms with van der Waals surface area (Å²) in [7, 11) is 0. The minimum absolute atomic E-state index is 1.10. The predicted molar refractivity (Wildman–Crippen MR) is 71.0 cm³/mol. The highest BCUT2D eigenvalue weighted by molar-refractivity contribution is 4.81. The van der Waals surface area contributed by atoms with Crippen LogP contribution in [-0.4, -0.2) is 0 Å². The molecule has 0 N–H and O–H groups in total. The molecule has 0 rings (SSSR count). The molecule has 0 fully saturated rings. The van der Waals surface area contributed by atoms with Gasteiger partial charge in [-0.05, 0) is 25.7 Å². The van der Waals surface area contributed by atoms with Gasteiger partial charge in [-0.2, -0.15) is 0 Å². The zero-order chi connectivity index (χ0) is 11.2. The molecule has 0 heterocycles. The first-order chi connectivity index (χ1) is 7.41. The van der Waals surface area contributed by atoms with E-state index >= 15 is 0 Å². The first kappa shape index (κ1) is 14.7. The van der Waals surface area contributed by atoms with E-state index in [9.17, 15) is 0 Å². The molecule has 0 nitrogen and oxygen atoms in total. The van der Waals surface area contributed by atoms with Gasteiger partial charge in [-0.3, -0.25) is 0 Å². The van der Waals surface area contributed by atoms with Gasteiger partial charge in [0.05, 0.1) is 0 Å². The van der Waals surface area contributed by atoms with Gasteiger partial charge in [0.15, 0.2) is 0 Å². The maximum atomic E-state index is 3.85. The third kappa shape index (κ3) is 13.7. The van der Waals surface area contributed by atoms with E-state index in [1.165, 1.54) is 64.2 Å². The quantitative estimate of drug-likeness (QED) is 0.303. The minimum atomic E-state index is 1.10. The van der Waals surface area contributed by atoms with E-state index in [2.05, 4.69) is 26.0 Å². The summed E-state index contributed by atoms with van der Waals surface area (Å²) in [4.78, 5) is 0. The third-order valence-corrected chi connectivity index (χ3v) is 2.76. The van der Waals surface area contributed by atoms with Crippen molar-refractivity contribution in [2.45, 2.75) is 77.6 Å². The smallest absolute Gasteiger partial charge is 0.0351 e. The molecule has 0 spiro atoms. The Labute approximate surface area is 97.2 Å². The van der Waals surface area contributed by atoms with Crippen molar-refractivity contribution in [3.63, 3.8) is 0 Å². The number of allylic oxidation sites excluding steroid dienone is 2. The second kappa shape index (κ2) is 13.7. The predicted octanol–water partition coefficient (Wildman–Crippen LogP) is 5.69. The molecule has 89 valence electrons. The molecule has 0 aromatic carbocycles. The molecule has 0 atom stereocenters. The van der Waals surface area contributed by atoms with Gasteiger partial charge in [0.2, 0.25) is 0 Å². The van der Waals surface area contributed by atoms with E-state index in [4.69, 9.17) is 0 Å². The lowest BCUT2D eigenvalue weighted by atomic mass is 10.1. The van der Waals surface area contributed by atoms with Gasteiger partial charge in [0.25, 0.3) is 0 Å². The van der Waals surface area contributed by atoms with Crippen LogP contribution in [-0.2, 0) is 0 Å². The second-order valence-electron chi connectivity index (χ2n) is 4.38. The summed E-state index contributed by atoms with van der Waals surface area (Å²) < 4.78 is 0. The fourth-order valence-corrected chi connectivity index (χ4v) is 1.72. The molecule has 0 saturated heterocycles. The number of hydrogen-bond acceptors (Lipinski definition) is 0. The van der Waals surface area contributed by atoms with Crippen LogP contribution in [0, 0.1) is 6.92 Å². The average molecular weight is 209 g/mol. The first-order valence-corrected chi connectivity index (χ1v) is 6.86. The van der Waals surface area contributed by atoms with E-state index < -0.39 is 0 Å². The molecule has 0 unspecified atom stereocenters. The molecular formula is C15H29. The Morgan fingerprint density at radius 3 is 1.80 bits per heavy atom. The van der Waals surface area contributed by atoms with Crippen LogP contribution in [0.3, 0.4) is 0 Å². The molecule has 0 bridgehead atoms. The van der Waals surface area contributed by atoms with Gasteiger partial charge >= 0.3 is 0 Å². The summed E-state index contributed by atoms with van der Waals surface area (Å²) in [6.45, 7) is 6.12. The van der Waals surface area contributed by atoms with Crippen LogP contribution in [0.15, 0.2) is 12.2 Å². The summed E-state index contributed by atoms with van der Waals surface area (Å²) in [6, 6.07) is 0. The lowest BCUT2D eigenvalue weighted by Gasteiger charge is -1.96. The van der Waals surface area contributed by atoms with Crippen LogP contribution in [0.25, 0.3) is 0 Å². The zero-order valence-corrected chi connectivity index (χ0v) is 10.6. The van der Waals surface area contributed by atoms with Crippen molar-refractivity contribution in [2.75, 3.05) is 0 Å². The fraction of sp³-hybridized carbons (Fsp3) is 0.800. The molecule has 0 aromatic rings. The normalized spacial score (nSPS) is 11.3. The summed E-state index contributed by atoms with van der Waals surface area (Å²) in [6.07, 6.45) is 19.4. The molecule has 1 radical (unpaired) electrons. The van der Waals surface area contributed by atoms with Crippen molar-refractivity contribution < 1.29 is 0 Å². The Kier molecular flexibility index (Phi) is 13.5. The van der Waals surface area contributed by atoms with Crippen molar-refractivity contribution in [2.24, 2.45) is 0 Å². The van der Waals surface area contributed by atoms with Gasteiger partial charge in [-0.15, -0.1) is 0 Å². The number of hydrogen-bond donors (Lipinski definition) is 0. The summed E-state index contributed by atoms with van der Waals surface area (Å²) in [5.74, 6) is 0. The maximum absolute atomic E-state index is 3.85. The molecule has 0 aliphatic heterocycles. The van der Waals surface area contributed by atoms with Crippen LogP contribution < -0.4 is 0 Å². The van der Waals surface area contributed by atoms with Crippen molar-refractivity contribution >= 4 is 0 Å². The monoisotopic (exact) mass is 209 g/mol. The molecule has 0 amide bonds. The molecule has 15 heavy (non-hydrogen) atoms. The summed E-state index contributed by atoms with van der Waals surface area (Å²) in [5.41, 5.74) is 0. The Bertz CT molecular complexity index is 124. The molecular weight excluding hydrogens is 180 g/mol. The molecule has 0 aliphatic rings. The van der Waals surface area contributed by atoms with Crippen LogP contribution in [0.2, 0.25) is 0 Å². The van der Waals surface area contributed by atoms with Gasteiger partial charge in [0, 0.05) is 0 Å². The van der Waals surface area contributed by atoms with Crippen LogP contribution >= 0.6 is 0 Å². The summed E-state index contributed by atoms with van der Waals surface area (Å²) >= 11 is 0. The van der Waals surface area contributed by atoms with Crippen LogP contribution in [0.4, 0.5) is 0 Å². The average Bonchev–Trinajstić information content (AvgIpc) is 2.26. The molecule has 0 heteroatoms. The number of rotatable bonds is 11. The van der Waals surface area contributed by atoms with E-state index in [-0.39, 0.29) is 0 Å². The van der Waals surface area contributed by atoms with E-state index in [1.54, 1.807) is 0 Å². The third-order valence-electron chi connectivity index (χ3n) is 2.76. The largest absolute Gasteiger partial charge is 0.0885 e. The topological polar surface area (TPSA) is 0 Å². The van der Waals surface area contributed by atoms with E-state index in [1.807, 2.05) is 0 Å². The summed E-state index contributed by atoms with van der Waals surface area (Å²) in [5, 5.41) is 0. The van der Waals surface area contributed by atoms with E-state index in [0.717, 1.165) is 6.42 Å². The van der Waals surface area contributed by atoms with Crippen LogP contribution in [0.5, 0.6) is 0 Å². The van der Waals surface area contributed by atoms with Crippen molar-refractivity contribution in [3.05, 3.63) is 19.1 Å². The van der Waals surface area contributed by atoms with Crippen LogP contribution in [0.1, 0.15) is 77.6 Å². The van der Waals surface area contributed by atoms with Gasteiger partial charge in [0.1, 0.15) is 0 Å². The van der Waals surface area contributed by atoms with Gasteiger partial charge in [-0.1, -0.05) is 70.9 Å². The van der Waals surface area contributed by atoms with E-state index in [0.29, 0.717) is 0 Å². The first-order valence-electron chi connectivity index (χ1n) is 6.86. The minimum Gasteiger partial charge on any atom is -0.0885 e. The Morgan fingerprint density at radius 2 is 1.27 bits per heavy atom. The Morgan fingerprint density at radius 1 is 0.733 bits per heavy atom. The second-order valence-corrected chi connectivity index (χ2v) is 4.38. The lowest BCUT2D eigenvalue weighted by Crippen LogP contribution is -1.77. The molecule has 0 saturated carbocycles. The highest BCUT2D eigenvalue weighted by Crippen LogP contribution is 2.07. The maximum Gasteiger partial charge on any atom is -0.0351 e. The van der Waals surface area contributed by atoms with Gasteiger partial charge < -0.3 is 0 Å². The van der Waals surface area contributed by atoms with Crippen molar-refractivity contribution in [3.8, 4) is 0 Å². The van der Waals surface area contributed by atoms with Gasteiger partial charge in [-0.25, -0.2) is 0 Å². The fourth-order valence-electron chi connectivity index (χ4n) is 1.72. The molecule has 0 aromatic heterocycles. The Balaban J connectivity index is 2.97. The molecule has 0 aliphatic carbocycles. The highest BCUT2D eigenvalue weighted by Gasteiger charge is 1.87. The SMILES string of the molecule is [CH2]CCCCCC/C=C/CCCCCC. The van der Waals surface area contributed by atoms with Crippen molar-refractivity contribution in [1.29, 1.82) is 0 Å². The van der Waals surface area contributed by atoms with Crippen molar-refractivity contribution in [1.82, 2.24) is 0 Å². The zero-order valence-electron chi connectivity index (χ0n) is 10.6.